The molecule has 9 heteroatoms. The number of nitrogens with zero attached hydrogens (tertiary/aromatic N) is 2. The fourth-order valence-corrected chi connectivity index (χ4v) is 5.72. The van der Waals surface area contributed by atoms with Gasteiger partial charge in [-0.25, -0.2) is 8.42 Å². The third-order valence-corrected chi connectivity index (χ3v) is 8.14. The van der Waals surface area contributed by atoms with Crippen molar-refractivity contribution in [3.63, 3.8) is 0 Å². The monoisotopic (exact) mass is 585 g/mol. The lowest BCUT2D eigenvalue weighted by atomic mass is 10.1. The first-order valence-corrected chi connectivity index (χ1v) is 14.3. The lowest BCUT2D eigenvalue weighted by Crippen LogP contribution is -2.51. The van der Waals surface area contributed by atoms with Gasteiger partial charge in [0, 0.05) is 17.6 Å². The lowest BCUT2D eigenvalue weighted by molar-refractivity contribution is -0.139. The molecule has 0 spiro atoms. The van der Waals surface area contributed by atoms with Crippen LogP contribution >= 0.6 is 15.9 Å². The van der Waals surface area contributed by atoms with Crippen molar-refractivity contribution in [1.29, 1.82) is 0 Å². The predicted molar refractivity (Wildman–Crippen MR) is 150 cm³/mol. The lowest BCUT2D eigenvalue weighted by Gasteiger charge is -2.32. The molecule has 0 saturated carbocycles. The van der Waals surface area contributed by atoms with Crippen molar-refractivity contribution in [3.05, 3.63) is 94.5 Å². The maximum absolute atomic E-state index is 13.8. The van der Waals surface area contributed by atoms with E-state index in [2.05, 4.69) is 21.2 Å². The van der Waals surface area contributed by atoms with Gasteiger partial charge < -0.3 is 10.2 Å². The minimum Gasteiger partial charge on any atom is -0.354 e. The van der Waals surface area contributed by atoms with Gasteiger partial charge in [-0.15, -0.1) is 0 Å². The maximum atomic E-state index is 13.8. The second kappa shape index (κ2) is 12.9. The van der Waals surface area contributed by atoms with Gasteiger partial charge >= 0.3 is 0 Å². The molecule has 2 amide bonds. The van der Waals surface area contributed by atoms with E-state index in [0.29, 0.717) is 12.2 Å². The van der Waals surface area contributed by atoms with E-state index in [1.54, 1.807) is 43.3 Å². The molecule has 3 rings (SSSR count). The summed E-state index contributed by atoms with van der Waals surface area (Å²) >= 11 is 3.45. The summed E-state index contributed by atoms with van der Waals surface area (Å²) in [6.07, 6.45) is 0.758. The fraction of sp³-hybridized carbons (Fsp3) is 0.286. The molecule has 0 unspecified atom stereocenters. The summed E-state index contributed by atoms with van der Waals surface area (Å²) < 4.78 is 29.4. The minimum absolute atomic E-state index is 0.0802. The number of rotatable bonds is 11. The fourth-order valence-electron chi connectivity index (χ4n) is 3.84. The Bertz CT molecular complexity index is 1330. The van der Waals surface area contributed by atoms with Crippen LogP contribution in [-0.2, 0) is 26.2 Å². The van der Waals surface area contributed by atoms with Gasteiger partial charge in [0.1, 0.15) is 12.6 Å². The second-order valence-corrected chi connectivity index (χ2v) is 11.6. The van der Waals surface area contributed by atoms with Gasteiger partial charge in [-0.2, -0.15) is 0 Å². The SMILES string of the molecule is CCCNC(=O)[C@H](C)N(Cc1cccc(Br)c1)C(=O)CN(c1cccc(C)c1)S(=O)(=O)c1ccccc1. The summed E-state index contributed by atoms with van der Waals surface area (Å²) in [6, 6.07) is 21.7. The molecule has 1 atom stereocenters. The number of anilines is 1. The number of halogens is 1. The van der Waals surface area contributed by atoms with E-state index in [-0.39, 0.29) is 17.3 Å². The number of sulfonamides is 1. The molecule has 3 aromatic rings. The van der Waals surface area contributed by atoms with Crippen LogP contribution in [0.3, 0.4) is 0 Å². The van der Waals surface area contributed by atoms with Crippen LogP contribution in [-0.4, -0.2) is 44.3 Å². The molecular formula is C28H32BrN3O4S. The smallest absolute Gasteiger partial charge is 0.264 e. The number of carbonyl (C=O) groups excluding carboxylic acids is 2. The van der Waals surface area contributed by atoms with Gasteiger partial charge in [-0.1, -0.05) is 65.3 Å². The summed E-state index contributed by atoms with van der Waals surface area (Å²) in [5.74, 6) is -0.779. The largest absolute Gasteiger partial charge is 0.354 e. The molecule has 7 nitrogen and oxygen atoms in total. The minimum atomic E-state index is -4.06. The number of amides is 2. The number of hydrogen-bond acceptors (Lipinski definition) is 4. The Labute approximate surface area is 227 Å². The number of carbonyl (C=O) groups is 2. The number of benzene rings is 3. The van der Waals surface area contributed by atoms with Crippen LogP contribution in [0, 0.1) is 6.92 Å². The van der Waals surface area contributed by atoms with E-state index in [9.17, 15) is 18.0 Å². The predicted octanol–water partition coefficient (Wildman–Crippen LogP) is 4.90. The first kappa shape index (κ1) is 28.4. The topological polar surface area (TPSA) is 86.8 Å². The zero-order valence-electron chi connectivity index (χ0n) is 21.2. The molecule has 0 aliphatic rings. The van der Waals surface area contributed by atoms with Gasteiger partial charge in [-0.05, 0) is 67.8 Å². The molecule has 0 aromatic heterocycles. The molecule has 3 aromatic carbocycles. The van der Waals surface area contributed by atoms with Crippen molar-refractivity contribution >= 4 is 43.5 Å². The van der Waals surface area contributed by atoms with Crippen molar-refractivity contribution in [2.45, 2.75) is 44.7 Å². The highest BCUT2D eigenvalue weighted by atomic mass is 79.9. The average Bonchev–Trinajstić information content (AvgIpc) is 2.88. The van der Waals surface area contributed by atoms with Crippen LogP contribution in [0.5, 0.6) is 0 Å². The molecule has 0 heterocycles. The first-order valence-electron chi connectivity index (χ1n) is 12.1. The van der Waals surface area contributed by atoms with Gasteiger partial charge in [0.05, 0.1) is 10.6 Å². The highest BCUT2D eigenvalue weighted by molar-refractivity contribution is 9.10. The molecule has 37 heavy (non-hydrogen) atoms. The third-order valence-electron chi connectivity index (χ3n) is 5.86. The number of nitrogens with one attached hydrogen (secondary N) is 1. The van der Waals surface area contributed by atoms with Crippen LogP contribution < -0.4 is 9.62 Å². The van der Waals surface area contributed by atoms with Crippen LogP contribution in [0.15, 0.2) is 88.2 Å². The first-order chi connectivity index (χ1) is 17.6. The van der Waals surface area contributed by atoms with E-state index in [1.165, 1.54) is 17.0 Å². The summed E-state index contributed by atoms with van der Waals surface area (Å²) in [4.78, 5) is 28.2. The molecule has 1 N–H and O–H groups in total. The van der Waals surface area contributed by atoms with E-state index in [4.69, 9.17) is 0 Å². The van der Waals surface area contributed by atoms with Crippen LogP contribution in [0.2, 0.25) is 0 Å². The van der Waals surface area contributed by atoms with E-state index in [0.717, 1.165) is 26.3 Å². The van der Waals surface area contributed by atoms with Crippen molar-refractivity contribution in [2.75, 3.05) is 17.4 Å². The van der Waals surface area contributed by atoms with Crippen LogP contribution in [0.4, 0.5) is 5.69 Å². The standard InChI is InChI=1S/C28H32BrN3O4S/c1-4-16-30-28(34)22(3)31(19-23-11-9-12-24(29)18-23)27(33)20-32(25-13-8-10-21(2)17-25)37(35,36)26-14-6-5-7-15-26/h5-15,17-18,22H,4,16,19-20H2,1-3H3,(H,30,34)/t22-/m0/s1. The van der Waals surface area contributed by atoms with Crippen molar-refractivity contribution in [3.8, 4) is 0 Å². The summed E-state index contributed by atoms with van der Waals surface area (Å²) in [7, 11) is -4.06. The van der Waals surface area contributed by atoms with Crippen LogP contribution in [0.25, 0.3) is 0 Å². The van der Waals surface area contributed by atoms with Gasteiger partial charge in [-0.3, -0.25) is 13.9 Å². The Morgan fingerprint density at radius 2 is 1.68 bits per heavy atom. The summed E-state index contributed by atoms with van der Waals surface area (Å²) in [5.41, 5.74) is 2.05. The zero-order valence-corrected chi connectivity index (χ0v) is 23.6. The Hall–Kier alpha value is -3.17. The molecule has 0 fully saturated rings. The maximum Gasteiger partial charge on any atom is 0.264 e. The molecule has 0 bridgehead atoms. The Kier molecular flexibility index (Phi) is 9.88. The van der Waals surface area contributed by atoms with E-state index < -0.39 is 28.5 Å². The highest BCUT2D eigenvalue weighted by Gasteiger charge is 2.32. The highest BCUT2D eigenvalue weighted by Crippen LogP contribution is 2.25. The Morgan fingerprint density at radius 3 is 2.32 bits per heavy atom. The summed E-state index contributed by atoms with van der Waals surface area (Å²) in [5, 5.41) is 2.84. The third kappa shape index (κ3) is 7.42. The van der Waals surface area contributed by atoms with Crippen molar-refractivity contribution < 1.29 is 18.0 Å². The van der Waals surface area contributed by atoms with Crippen LogP contribution in [0.1, 0.15) is 31.4 Å². The van der Waals surface area contributed by atoms with Gasteiger partial charge in [0.25, 0.3) is 10.0 Å². The average molecular weight is 587 g/mol. The molecule has 0 aliphatic carbocycles. The molecule has 0 saturated heterocycles. The summed E-state index contributed by atoms with van der Waals surface area (Å²) in [6.45, 7) is 5.64. The molecule has 0 aliphatic heterocycles. The van der Waals surface area contributed by atoms with Crippen molar-refractivity contribution in [2.24, 2.45) is 0 Å². The zero-order chi connectivity index (χ0) is 27.0. The molecule has 0 radical (unpaired) electrons. The molecular weight excluding hydrogens is 554 g/mol. The van der Waals surface area contributed by atoms with Crippen molar-refractivity contribution in [1.82, 2.24) is 10.2 Å². The number of hydrogen-bond donors (Lipinski definition) is 1. The molecule has 196 valence electrons. The van der Waals surface area contributed by atoms with E-state index in [1.807, 2.05) is 44.2 Å². The quantitative estimate of drug-likeness (QED) is 0.347. The van der Waals surface area contributed by atoms with E-state index >= 15 is 0 Å². The second-order valence-electron chi connectivity index (χ2n) is 8.78. The normalized spacial score (nSPS) is 12.0. The number of aryl methyl sites for hydroxylation is 1. The van der Waals surface area contributed by atoms with Gasteiger partial charge in [0.15, 0.2) is 0 Å². The van der Waals surface area contributed by atoms with Gasteiger partial charge in [0.2, 0.25) is 11.8 Å². The Balaban J connectivity index is 2.01. The Morgan fingerprint density at radius 1 is 0.973 bits per heavy atom.